The molecule has 0 aromatic heterocycles. The summed E-state index contributed by atoms with van der Waals surface area (Å²) in [7, 11) is -1.13. The van der Waals surface area contributed by atoms with Crippen molar-refractivity contribution in [1.82, 2.24) is 0 Å². The molecule has 2 nitrogen and oxygen atoms in total. The number of hydrogen-bond donors (Lipinski definition) is 0. The summed E-state index contributed by atoms with van der Waals surface area (Å²) in [6, 6.07) is 0. The van der Waals surface area contributed by atoms with Crippen molar-refractivity contribution >= 4 is 19.5 Å². The van der Waals surface area contributed by atoms with Crippen molar-refractivity contribution < 1.29 is 8.85 Å². The molecule has 0 aromatic carbocycles. The summed E-state index contributed by atoms with van der Waals surface area (Å²) < 4.78 is 12.2. The molecule has 1 rings (SSSR count). The minimum atomic E-state index is -0.572. The first-order valence-corrected chi connectivity index (χ1v) is 9.92. The van der Waals surface area contributed by atoms with E-state index in [0.717, 1.165) is 17.9 Å². The molecule has 19 heavy (non-hydrogen) atoms. The minimum Gasteiger partial charge on any atom is -0.549 e. The zero-order valence-electron chi connectivity index (χ0n) is 13.4. The van der Waals surface area contributed by atoms with E-state index >= 15 is 0 Å². The molecule has 0 bridgehead atoms. The summed E-state index contributed by atoms with van der Waals surface area (Å²) in [5.74, 6) is 2.00. The fourth-order valence-corrected chi connectivity index (χ4v) is 3.42. The van der Waals surface area contributed by atoms with Gasteiger partial charge in [-0.05, 0) is 22.2 Å². The Labute approximate surface area is 123 Å². The molecule has 4 heteroatoms. The van der Waals surface area contributed by atoms with Gasteiger partial charge in [0, 0.05) is 6.42 Å². The molecular weight excluding hydrogens is 268 g/mol. The number of rotatable bonds is 8. The lowest BCUT2D eigenvalue weighted by molar-refractivity contribution is 0.355. The van der Waals surface area contributed by atoms with Crippen molar-refractivity contribution in [2.45, 2.75) is 70.9 Å². The highest BCUT2D eigenvalue weighted by molar-refractivity contribution is 6.33. The van der Waals surface area contributed by atoms with Gasteiger partial charge in [-0.1, -0.05) is 54.4 Å². The van der Waals surface area contributed by atoms with Crippen LogP contribution < -0.4 is 0 Å². The zero-order valence-corrected chi connectivity index (χ0v) is 16.3. The average Bonchev–Trinajstić information content (AvgIpc) is 2.82. The van der Waals surface area contributed by atoms with Gasteiger partial charge >= 0.3 is 0 Å². The Kier molecular flexibility index (Phi) is 5.92. The smallest absolute Gasteiger partial charge is 0.225 e. The molecule has 0 N–H and O–H groups in total. The summed E-state index contributed by atoms with van der Waals surface area (Å²) in [6.45, 7) is 13.6. The van der Waals surface area contributed by atoms with E-state index < -0.39 is 19.5 Å². The van der Waals surface area contributed by atoms with Crippen LogP contribution >= 0.6 is 0 Å². The molecule has 0 aliphatic heterocycles. The molecule has 1 aliphatic carbocycles. The van der Waals surface area contributed by atoms with Crippen LogP contribution in [0.4, 0.5) is 0 Å². The topological polar surface area (TPSA) is 18.5 Å². The molecule has 0 spiro atoms. The van der Waals surface area contributed by atoms with E-state index in [2.05, 4.69) is 47.6 Å². The second-order valence-corrected chi connectivity index (χ2v) is 11.9. The Hall–Kier alpha value is -0.486. The van der Waals surface area contributed by atoms with E-state index in [1.165, 1.54) is 12.8 Å². The van der Waals surface area contributed by atoms with Crippen molar-refractivity contribution in [3.8, 4) is 0 Å². The third-order valence-corrected chi connectivity index (χ3v) is 7.45. The Balaban J connectivity index is 2.54. The van der Waals surface area contributed by atoms with Crippen LogP contribution in [0, 0.1) is 6.08 Å². The van der Waals surface area contributed by atoms with E-state index in [1.54, 1.807) is 0 Å². The van der Waals surface area contributed by atoms with Crippen LogP contribution in [-0.4, -0.2) is 19.5 Å². The SMILES string of the molecule is CCC(C)(C)[SiH2]OC1=C(O[SiH2]C(C)(C)CC)C[C]=C1. The Morgan fingerprint density at radius 3 is 2.11 bits per heavy atom. The van der Waals surface area contributed by atoms with Crippen LogP contribution in [0.15, 0.2) is 17.6 Å². The molecule has 1 aliphatic rings. The van der Waals surface area contributed by atoms with E-state index in [0.29, 0.717) is 10.1 Å². The predicted octanol–water partition coefficient (Wildman–Crippen LogP) is 3.38. The molecule has 1 radical (unpaired) electrons. The summed E-state index contributed by atoms with van der Waals surface area (Å²) in [4.78, 5) is 0. The molecular formula is C15H29O2Si2. The van der Waals surface area contributed by atoms with Gasteiger partial charge in [0.1, 0.15) is 11.5 Å². The van der Waals surface area contributed by atoms with Crippen molar-refractivity contribution in [1.29, 1.82) is 0 Å². The molecule has 0 atom stereocenters. The minimum absolute atomic E-state index is 0.356. The van der Waals surface area contributed by atoms with Crippen molar-refractivity contribution in [2.24, 2.45) is 0 Å². The molecule has 109 valence electrons. The fourth-order valence-electron chi connectivity index (χ4n) is 1.41. The molecule has 0 heterocycles. The maximum atomic E-state index is 6.09. The summed E-state index contributed by atoms with van der Waals surface area (Å²) in [5.41, 5.74) is 0. The van der Waals surface area contributed by atoms with Crippen LogP contribution in [0.25, 0.3) is 0 Å². The zero-order chi connectivity index (χ0) is 14.5. The first-order chi connectivity index (χ1) is 8.79. The van der Waals surface area contributed by atoms with Crippen LogP contribution in [0.1, 0.15) is 60.8 Å². The van der Waals surface area contributed by atoms with Gasteiger partial charge in [0.15, 0.2) is 0 Å². The Morgan fingerprint density at radius 1 is 1.05 bits per heavy atom. The normalized spacial score (nSPS) is 17.4. The lowest BCUT2D eigenvalue weighted by Crippen LogP contribution is -2.17. The average molecular weight is 298 g/mol. The van der Waals surface area contributed by atoms with Crippen LogP contribution in [0.5, 0.6) is 0 Å². The Morgan fingerprint density at radius 2 is 1.58 bits per heavy atom. The van der Waals surface area contributed by atoms with E-state index in [4.69, 9.17) is 8.85 Å². The monoisotopic (exact) mass is 297 g/mol. The summed E-state index contributed by atoms with van der Waals surface area (Å²) in [6.07, 6.45) is 8.35. The maximum Gasteiger partial charge on any atom is 0.225 e. The second-order valence-electron chi connectivity index (χ2n) is 6.93. The van der Waals surface area contributed by atoms with Gasteiger partial charge < -0.3 is 8.85 Å². The molecule has 0 unspecified atom stereocenters. The predicted molar refractivity (Wildman–Crippen MR) is 87.4 cm³/mol. The van der Waals surface area contributed by atoms with Crippen LogP contribution in [-0.2, 0) is 8.85 Å². The largest absolute Gasteiger partial charge is 0.549 e. The van der Waals surface area contributed by atoms with Gasteiger partial charge in [0.25, 0.3) is 0 Å². The van der Waals surface area contributed by atoms with E-state index in [-0.39, 0.29) is 0 Å². The first-order valence-electron chi connectivity index (χ1n) is 7.35. The van der Waals surface area contributed by atoms with Gasteiger partial charge in [-0.2, -0.15) is 0 Å². The van der Waals surface area contributed by atoms with Crippen molar-refractivity contribution in [3.05, 3.63) is 23.7 Å². The molecule has 0 aromatic rings. The van der Waals surface area contributed by atoms with Gasteiger partial charge in [0.05, 0.1) is 0 Å². The molecule has 0 fully saturated rings. The molecule has 0 amide bonds. The lowest BCUT2D eigenvalue weighted by atomic mass is 10.1. The highest BCUT2D eigenvalue weighted by atomic mass is 28.2. The maximum absolute atomic E-state index is 6.09. The van der Waals surface area contributed by atoms with Crippen LogP contribution in [0.2, 0.25) is 10.1 Å². The summed E-state index contributed by atoms with van der Waals surface area (Å²) >= 11 is 0. The van der Waals surface area contributed by atoms with Gasteiger partial charge in [-0.3, -0.25) is 0 Å². The standard InChI is InChI=1S/C15H29O2Si2/c1-7-14(3,4)18-16-12-10-9-11-13(12)17-19-15(5,6)8-2/h10H,7-8,11,18-19H2,1-6H3. The van der Waals surface area contributed by atoms with Gasteiger partial charge in [-0.15, -0.1) is 0 Å². The quantitative estimate of drug-likeness (QED) is 0.640. The van der Waals surface area contributed by atoms with Crippen molar-refractivity contribution in [2.75, 3.05) is 0 Å². The third kappa shape index (κ3) is 5.57. The second kappa shape index (κ2) is 6.79. The highest BCUT2D eigenvalue weighted by Gasteiger charge is 2.22. The molecule has 0 saturated heterocycles. The van der Waals surface area contributed by atoms with E-state index in [9.17, 15) is 0 Å². The number of allylic oxidation sites excluding steroid dienone is 2. The van der Waals surface area contributed by atoms with Crippen molar-refractivity contribution in [3.63, 3.8) is 0 Å². The highest BCUT2D eigenvalue weighted by Crippen LogP contribution is 2.32. The fraction of sp³-hybridized carbons (Fsp3) is 0.733. The van der Waals surface area contributed by atoms with Gasteiger partial charge in [-0.25, -0.2) is 0 Å². The van der Waals surface area contributed by atoms with E-state index in [1.807, 2.05) is 6.08 Å². The third-order valence-electron chi connectivity index (χ3n) is 3.94. The summed E-state index contributed by atoms with van der Waals surface area (Å²) in [5, 5.41) is 0.718. The number of hydrogen-bond acceptors (Lipinski definition) is 2. The Bertz CT molecular complexity index is 357. The van der Waals surface area contributed by atoms with Crippen LogP contribution in [0.3, 0.4) is 0 Å². The lowest BCUT2D eigenvalue weighted by Gasteiger charge is -2.25. The first kappa shape index (κ1) is 16.6. The van der Waals surface area contributed by atoms with Gasteiger partial charge in [0.2, 0.25) is 19.5 Å². The molecule has 0 saturated carbocycles.